The van der Waals surface area contributed by atoms with Gasteiger partial charge in [0.15, 0.2) is 5.82 Å². The molecule has 0 aliphatic rings. The van der Waals surface area contributed by atoms with Gasteiger partial charge in [0.25, 0.3) is 5.91 Å². The Hall–Kier alpha value is -2.44. The molecule has 4 N–H and O–H groups in total. The Labute approximate surface area is 97.5 Å². The minimum atomic E-state index is -0.610. The van der Waals surface area contributed by atoms with E-state index in [0.717, 1.165) is 0 Å². The van der Waals surface area contributed by atoms with Gasteiger partial charge in [0.1, 0.15) is 17.3 Å². The normalized spacial score (nSPS) is 10.5. The first-order valence-corrected chi connectivity index (χ1v) is 4.96. The number of nitrogens with two attached hydrogens (primary N) is 2. The van der Waals surface area contributed by atoms with Crippen LogP contribution >= 0.6 is 0 Å². The summed E-state index contributed by atoms with van der Waals surface area (Å²) in [5, 5.41) is 4.15. The predicted molar refractivity (Wildman–Crippen MR) is 61.6 cm³/mol. The van der Waals surface area contributed by atoms with Crippen LogP contribution in [-0.4, -0.2) is 25.7 Å². The van der Waals surface area contributed by atoms with Crippen molar-refractivity contribution in [2.24, 2.45) is 5.73 Å². The van der Waals surface area contributed by atoms with E-state index in [4.69, 9.17) is 11.5 Å². The molecule has 0 spiro atoms. The molecule has 0 unspecified atom stereocenters. The van der Waals surface area contributed by atoms with Gasteiger partial charge in [-0.25, -0.2) is 9.97 Å². The van der Waals surface area contributed by atoms with Crippen LogP contribution in [0, 0.1) is 13.8 Å². The molecule has 7 nitrogen and oxygen atoms in total. The van der Waals surface area contributed by atoms with E-state index >= 15 is 0 Å². The van der Waals surface area contributed by atoms with Gasteiger partial charge in [0.2, 0.25) is 0 Å². The molecule has 17 heavy (non-hydrogen) atoms. The molecule has 0 aliphatic carbocycles. The van der Waals surface area contributed by atoms with Crippen molar-refractivity contribution in [3.8, 4) is 5.82 Å². The third kappa shape index (κ3) is 1.94. The van der Waals surface area contributed by atoms with Crippen molar-refractivity contribution in [1.29, 1.82) is 0 Å². The fourth-order valence-corrected chi connectivity index (χ4v) is 1.49. The molecule has 0 saturated heterocycles. The summed E-state index contributed by atoms with van der Waals surface area (Å²) in [4.78, 5) is 19.3. The molecule has 0 saturated carbocycles. The average Bonchev–Trinajstić information content (AvgIpc) is 2.58. The second-order valence-corrected chi connectivity index (χ2v) is 3.59. The Kier molecular flexibility index (Phi) is 2.51. The molecule has 2 aromatic heterocycles. The third-order valence-corrected chi connectivity index (χ3v) is 2.23. The summed E-state index contributed by atoms with van der Waals surface area (Å²) in [5.41, 5.74) is 11.5. The van der Waals surface area contributed by atoms with Gasteiger partial charge in [-0.05, 0) is 26.0 Å². The number of aryl methyl sites for hydroxylation is 2. The predicted octanol–water partition coefficient (Wildman–Crippen LogP) is -0.0398. The quantitative estimate of drug-likeness (QED) is 0.754. The number of carbonyl (C=O) groups is 1. The fraction of sp³-hybridized carbons (Fsp3) is 0.200. The second kappa shape index (κ2) is 3.85. The van der Waals surface area contributed by atoms with Gasteiger partial charge in [-0.1, -0.05) is 0 Å². The van der Waals surface area contributed by atoms with E-state index in [1.54, 1.807) is 19.9 Å². The Balaban J connectivity index is 2.62. The van der Waals surface area contributed by atoms with E-state index in [-0.39, 0.29) is 5.69 Å². The number of amides is 1. The highest BCUT2D eigenvalue weighted by Gasteiger charge is 2.12. The highest BCUT2D eigenvalue weighted by atomic mass is 16.1. The number of hydrogen-bond donors (Lipinski definition) is 2. The summed E-state index contributed by atoms with van der Waals surface area (Å²) in [7, 11) is 0. The fourth-order valence-electron chi connectivity index (χ4n) is 1.49. The van der Waals surface area contributed by atoms with Crippen molar-refractivity contribution in [1.82, 2.24) is 19.7 Å². The number of nitrogens with zero attached hydrogens (tertiary/aromatic N) is 4. The molecule has 2 heterocycles. The van der Waals surface area contributed by atoms with E-state index in [9.17, 15) is 4.79 Å². The smallest absolute Gasteiger partial charge is 0.267 e. The Morgan fingerprint density at radius 1 is 1.29 bits per heavy atom. The van der Waals surface area contributed by atoms with Gasteiger partial charge in [-0.3, -0.25) is 4.79 Å². The van der Waals surface area contributed by atoms with Gasteiger partial charge in [0, 0.05) is 0 Å². The van der Waals surface area contributed by atoms with Crippen LogP contribution in [0.1, 0.15) is 22.1 Å². The maximum absolute atomic E-state index is 11.1. The summed E-state index contributed by atoms with van der Waals surface area (Å²) >= 11 is 0. The first-order valence-electron chi connectivity index (χ1n) is 4.96. The van der Waals surface area contributed by atoms with Crippen molar-refractivity contribution in [2.45, 2.75) is 13.8 Å². The van der Waals surface area contributed by atoms with E-state index in [1.807, 2.05) is 0 Å². The zero-order valence-electron chi connectivity index (χ0n) is 9.51. The first kappa shape index (κ1) is 11.1. The summed E-state index contributed by atoms with van der Waals surface area (Å²) in [6, 6.07) is 3.04. The number of aromatic nitrogens is 4. The third-order valence-electron chi connectivity index (χ3n) is 2.23. The van der Waals surface area contributed by atoms with Crippen molar-refractivity contribution in [3.63, 3.8) is 0 Å². The summed E-state index contributed by atoms with van der Waals surface area (Å²) in [5.74, 6) is 0.997. The van der Waals surface area contributed by atoms with Crippen LogP contribution in [-0.2, 0) is 0 Å². The zero-order chi connectivity index (χ0) is 12.6. The maximum atomic E-state index is 11.1. The summed E-state index contributed by atoms with van der Waals surface area (Å²) in [6.07, 6.45) is 0. The minimum Gasteiger partial charge on any atom is -0.396 e. The zero-order valence-corrected chi connectivity index (χ0v) is 9.51. The van der Waals surface area contributed by atoms with Crippen LogP contribution < -0.4 is 11.5 Å². The van der Waals surface area contributed by atoms with Crippen LogP contribution in [0.15, 0.2) is 12.1 Å². The number of nitrogen functional groups attached to an aromatic ring is 1. The molecule has 88 valence electrons. The van der Waals surface area contributed by atoms with Crippen LogP contribution in [0.4, 0.5) is 5.69 Å². The molecule has 0 aromatic carbocycles. The van der Waals surface area contributed by atoms with Crippen LogP contribution in [0.2, 0.25) is 0 Å². The molecule has 0 atom stereocenters. The Morgan fingerprint density at radius 3 is 2.53 bits per heavy atom. The van der Waals surface area contributed by atoms with E-state index in [2.05, 4.69) is 15.1 Å². The van der Waals surface area contributed by atoms with Crippen LogP contribution in [0.25, 0.3) is 5.82 Å². The summed E-state index contributed by atoms with van der Waals surface area (Å²) in [6.45, 7) is 3.54. The Bertz CT molecular complexity index is 588. The largest absolute Gasteiger partial charge is 0.396 e. The molecule has 1 amide bonds. The minimum absolute atomic E-state index is 0.141. The lowest BCUT2D eigenvalue weighted by molar-refractivity contribution is 0.0995. The molecular weight excluding hydrogens is 220 g/mol. The van der Waals surface area contributed by atoms with Gasteiger partial charge < -0.3 is 11.5 Å². The van der Waals surface area contributed by atoms with Gasteiger partial charge in [-0.2, -0.15) is 4.68 Å². The number of primary amides is 1. The van der Waals surface area contributed by atoms with Gasteiger partial charge in [-0.15, -0.1) is 5.10 Å². The molecule has 0 radical (unpaired) electrons. The number of pyridine rings is 1. The number of rotatable bonds is 2. The van der Waals surface area contributed by atoms with Crippen LogP contribution in [0.3, 0.4) is 0 Å². The van der Waals surface area contributed by atoms with Crippen molar-refractivity contribution >= 4 is 11.6 Å². The van der Waals surface area contributed by atoms with E-state index in [1.165, 1.54) is 10.7 Å². The number of anilines is 1. The van der Waals surface area contributed by atoms with Crippen molar-refractivity contribution < 1.29 is 4.79 Å². The number of hydrogen-bond acceptors (Lipinski definition) is 5. The lowest BCUT2D eigenvalue weighted by Crippen LogP contribution is -2.16. The van der Waals surface area contributed by atoms with E-state index in [0.29, 0.717) is 23.2 Å². The monoisotopic (exact) mass is 232 g/mol. The Morgan fingerprint density at radius 2 is 2.00 bits per heavy atom. The lowest BCUT2D eigenvalue weighted by Gasteiger charge is -2.06. The van der Waals surface area contributed by atoms with Crippen molar-refractivity contribution in [2.75, 3.05) is 5.73 Å². The van der Waals surface area contributed by atoms with Gasteiger partial charge in [0.05, 0.1) is 5.69 Å². The topological polar surface area (TPSA) is 113 Å². The maximum Gasteiger partial charge on any atom is 0.267 e. The number of carbonyl (C=O) groups excluding carboxylic acids is 1. The molecule has 0 aliphatic heterocycles. The molecule has 7 heteroatoms. The lowest BCUT2D eigenvalue weighted by atomic mass is 10.3. The highest BCUT2D eigenvalue weighted by Crippen LogP contribution is 2.15. The first-order chi connectivity index (χ1) is 7.99. The second-order valence-electron chi connectivity index (χ2n) is 3.59. The molecule has 0 fully saturated rings. The van der Waals surface area contributed by atoms with Crippen LogP contribution in [0.5, 0.6) is 0 Å². The molecule has 2 rings (SSSR count). The van der Waals surface area contributed by atoms with E-state index < -0.39 is 5.91 Å². The standard InChI is InChI=1S/C10H12N6O/c1-5-13-6(2)16(15-5)10-7(11)3-4-8(14-10)9(12)17/h3-4H,11H2,1-2H3,(H2,12,17). The highest BCUT2D eigenvalue weighted by molar-refractivity contribution is 5.91. The van der Waals surface area contributed by atoms with Crippen molar-refractivity contribution in [3.05, 3.63) is 29.5 Å². The van der Waals surface area contributed by atoms with Gasteiger partial charge >= 0.3 is 0 Å². The average molecular weight is 232 g/mol. The molecule has 2 aromatic rings. The SMILES string of the molecule is Cc1nc(C)n(-c2nc(C(N)=O)ccc2N)n1. The summed E-state index contributed by atoms with van der Waals surface area (Å²) < 4.78 is 1.48. The molecule has 0 bridgehead atoms. The molecular formula is C10H12N6O.